The monoisotopic (exact) mass is 411 g/mol. The molecule has 26 heavy (non-hydrogen) atoms. The number of nitrogens with zero attached hydrogens (tertiary/aromatic N) is 3. The molecule has 1 aliphatic heterocycles. The smallest absolute Gasteiger partial charge is 0.233 e. The van der Waals surface area contributed by atoms with Crippen molar-refractivity contribution in [3.05, 3.63) is 29.3 Å². The summed E-state index contributed by atoms with van der Waals surface area (Å²) in [6.07, 6.45) is 1.55. The van der Waals surface area contributed by atoms with Crippen LogP contribution in [0.2, 0.25) is 5.02 Å². The van der Waals surface area contributed by atoms with Gasteiger partial charge < -0.3 is 16.0 Å². The number of hydrogen-bond donors (Lipinski definition) is 2. The predicted molar refractivity (Wildman–Crippen MR) is 104 cm³/mol. The second-order valence-electron chi connectivity index (χ2n) is 5.88. The van der Waals surface area contributed by atoms with Gasteiger partial charge in [-0.15, -0.1) is 10.2 Å². The van der Waals surface area contributed by atoms with Crippen LogP contribution in [0.25, 0.3) is 0 Å². The van der Waals surface area contributed by atoms with Crippen LogP contribution >= 0.6 is 34.7 Å². The van der Waals surface area contributed by atoms with E-state index in [0.717, 1.165) is 18.5 Å². The number of benzene rings is 1. The lowest BCUT2D eigenvalue weighted by molar-refractivity contribution is -0.132. The summed E-state index contributed by atoms with van der Waals surface area (Å²) in [7, 11) is 0. The number of carbonyl (C=O) groups is 2. The van der Waals surface area contributed by atoms with Gasteiger partial charge in [0.25, 0.3) is 0 Å². The SMILES string of the molecule is NC(=O)[C@@H]1CCCN(C(=O)CSc2nnc(Nc3cccc(Cl)c3)s2)C1. The molecule has 0 saturated carbocycles. The van der Waals surface area contributed by atoms with Gasteiger partial charge in [-0.2, -0.15) is 0 Å². The molecule has 0 bridgehead atoms. The molecule has 0 unspecified atom stereocenters. The van der Waals surface area contributed by atoms with Gasteiger partial charge in [-0.05, 0) is 31.0 Å². The molecule has 2 amide bonds. The Kier molecular flexibility index (Phi) is 6.33. The van der Waals surface area contributed by atoms with E-state index in [0.29, 0.717) is 27.6 Å². The molecular weight excluding hydrogens is 394 g/mol. The van der Waals surface area contributed by atoms with Crippen molar-refractivity contribution in [2.24, 2.45) is 11.7 Å². The van der Waals surface area contributed by atoms with Crippen LogP contribution in [-0.4, -0.2) is 45.8 Å². The molecule has 2 heterocycles. The first-order chi connectivity index (χ1) is 12.5. The van der Waals surface area contributed by atoms with Gasteiger partial charge in [0.2, 0.25) is 16.9 Å². The molecule has 1 fully saturated rings. The quantitative estimate of drug-likeness (QED) is 0.708. The Morgan fingerprint density at radius 1 is 1.42 bits per heavy atom. The number of piperidine rings is 1. The number of thioether (sulfide) groups is 1. The van der Waals surface area contributed by atoms with E-state index in [-0.39, 0.29) is 23.5 Å². The van der Waals surface area contributed by atoms with Crippen LogP contribution in [0.1, 0.15) is 12.8 Å². The van der Waals surface area contributed by atoms with Gasteiger partial charge in [-0.1, -0.05) is 40.8 Å². The van der Waals surface area contributed by atoms with Crippen molar-refractivity contribution in [1.82, 2.24) is 15.1 Å². The van der Waals surface area contributed by atoms with Gasteiger partial charge in [0.05, 0.1) is 11.7 Å². The maximum Gasteiger partial charge on any atom is 0.233 e. The van der Waals surface area contributed by atoms with Crippen LogP contribution in [0.15, 0.2) is 28.6 Å². The lowest BCUT2D eigenvalue weighted by Gasteiger charge is -2.31. The average Bonchev–Trinajstić information content (AvgIpc) is 3.07. The fourth-order valence-corrected chi connectivity index (χ4v) is 4.52. The van der Waals surface area contributed by atoms with E-state index in [4.69, 9.17) is 17.3 Å². The topological polar surface area (TPSA) is 101 Å². The minimum atomic E-state index is -0.337. The number of anilines is 2. The molecule has 10 heteroatoms. The predicted octanol–water partition coefficient (Wildman–Crippen LogP) is 2.75. The first-order valence-electron chi connectivity index (χ1n) is 8.07. The highest BCUT2D eigenvalue weighted by Crippen LogP contribution is 2.29. The van der Waals surface area contributed by atoms with Crippen LogP contribution in [0, 0.1) is 5.92 Å². The normalized spacial score (nSPS) is 17.1. The fraction of sp³-hybridized carbons (Fsp3) is 0.375. The number of nitrogens with two attached hydrogens (primary N) is 1. The third-order valence-corrected chi connectivity index (χ3v) is 6.17. The largest absolute Gasteiger partial charge is 0.369 e. The number of aromatic nitrogens is 2. The Hall–Kier alpha value is -1.84. The fourth-order valence-electron chi connectivity index (χ4n) is 2.66. The van der Waals surface area contributed by atoms with Gasteiger partial charge >= 0.3 is 0 Å². The number of hydrogen-bond acceptors (Lipinski definition) is 7. The van der Waals surface area contributed by atoms with Gasteiger partial charge in [0, 0.05) is 23.8 Å². The third-order valence-electron chi connectivity index (χ3n) is 3.98. The van der Waals surface area contributed by atoms with Crippen molar-refractivity contribution in [3.63, 3.8) is 0 Å². The number of likely N-dealkylation sites (tertiary alicyclic amines) is 1. The standard InChI is InChI=1S/C16H18ClN5O2S2/c17-11-4-1-5-12(7-11)19-15-20-21-16(26-15)25-9-13(23)22-6-2-3-10(8-22)14(18)24/h1,4-5,7,10H,2-3,6,8-9H2,(H2,18,24)(H,19,20)/t10-/m1/s1. The highest BCUT2D eigenvalue weighted by molar-refractivity contribution is 8.01. The van der Waals surface area contributed by atoms with Crippen LogP contribution in [-0.2, 0) is 9.59 Å². The molecule has 3 N–H and O–H groups in total. The van der Waals surface area contributed by atoms with Gasteiger partial charge in [0.1, 0.15) is 0 Å². The molecule has 1 aromatic heterocycles. The minimum absolute atomic E-state index is 0.0134. The summed E-state index contributed by atoms with van der Waals surface area (Å²) < 4.78 is 0.700. The maximum atomic E-state index is 12.4. The van der Waals surface area contributed by atoms with Crippen molar-refractivity contribution in [2.45, 2.75) is 17.2 Å². The second-order valence-corrected chi connectivity index (χ2v) is 8.51. The molecule has 0 aliphatic carbocycles. The minimum Gasteiger partial charge on any atom is -0.369 e. The number of nitrogens with one attached hydrogen (secondary N) is 1. The van der Waals surface area contributed by atoms with Crippen molar-refractivity contribution in [1.29, 1.82) is 0 Å². The van der Waals surface area contributed by atoms with Gasteiger partial charge in [-0.3, -0.25) is 9.59 Å². The third kappa shape index (κ3) is 5.09. The Labute approximate surface area is 164 Å². The van der Waals surface area contributed by atoms with Gasteiger partial charge in [-0.25, -0.2) is 0 Å². The lowest BCUT2D eigenvalue weighted by Crippen LogP contribution is -2.44. The summed E-state index contributed by atoms with van der Waals surface area (Å²) in [5.74, 6) is -0.332. The van der Waals surface area contributed by atoms with Gasteiger partial charge in [0.15, 0.2) is 4.34 Å². The maximum absolute atomic E-state index is 12.4. The zero-order chi connectivity index (χ0) is 18.5. The summed E-state index contributed by atoms with van der Waals surface area (Å²) in [4.78, 5) is 25.4. The summed E-state index contributed by atoms with van der Waals surface area (Å²) in [6, 6.07) is 7.32. The number of rotatable bonds is 6. The van der Waals surface area contributed by atoms with E-state index in [2.05, 4.69) is 15.5 Å². The number of primary amides is 1. The van der Waals surface area contributed by atoms with Crippen molar-refractivity contribution in [3.8, 4) is 0 Å². The average molecular weight is 412 g/mol. The van der Waals surface area contributed by atoms with Crippen molar-refractivity contribution >= 4 is 57.3 Å². The Morgan fingerprint density at radius 2 is 2.27 bits per heavy atom. The number of carbonyl (C=O) groups excluding carboxylic acids is 2. The summed E-state index contributed by atoms with van der Waals surface area (Å²) in [5, 5.41) is 12.6. The molecule has 3 rings (SSSR count). The molecule has 0 radical (unpaired) electrons. The Balaban J connectivity index is 1.51. The molecule has 0 spiro atoms. The molecule has 7 nitrogen and oxygen atoms in total. The van der Waals surface area contributed by atoms with E-state index in [9.17, 15) is 9.59 Å². The molecule has 1 atom stereocenters. The van der Waals surface area contributed by atoms with E-state index >= 15 is 0 Å². The van der Waals surface area contributed by atoms with Crippen LogP contribution < -0.4 is 11.1 Å². The van der Waals surface area contributed by atoms with Crippen LogP contribution in [0.5, 0.6) is 0 Å². The van der Waals surface area contributed by atoms with Crippen molar-refractivity contribution < 1.29 is 9.59 Å². The van der Waals surface area contributed by atoms with E-state index in [1.807, 2.05) is 12.1 Å². The molecule has 2 aromatic rings. The first kappa shape index (κ1) is 18.9. The Bertz CT molecular complexity index is 800. The summed E-state index contributed by atoms with van der Waals surface area (Å²) in [6.45, 7) is 1.08. The number of halogens is 1. The molecular formula is C16H18ClN5O2S2. The molecule has 1 aliphatic rings. The molecule has 138 valence electrons. The lowest BCUT2D eigenvalue weighted by atomic mass is 9.97. The molecule has 1 saturated heterocycles. The Morgan fingerprint density at radius 3 is 3.04 bits per heavy atom. The van der Waals surface area contributed by atoms with E-state index in [1.54, 1.807) is 17.0 Å². The van der Waals surface area contributed by atoms with Crippen LogP contribution in [0.3, 0.4) is 0 Å². The second kappa shape index (κ2) is 8.70. The highest BCUT2D eigenvalue weighted by atomic mass is 35.5. The first-order valence-corrected chi connectivity index (χ1v) is 10.3. The molecule has 1 aromatic carbocycles. The van der Waals surface area contributed by atoms with Crippen LogP contribution in [0.4, 0.5) is 10.8 Å². The zero-order valence-electron chi connectivity index (χ0n) is 13.9. The zero-order valence-corrected chi connectivity index (χ0v) is 16.2. The summed E-state index contributed by atoms with van der Waals surface area (Å²) >= 11 is 8.66. The summed E-state index contributed by atoms with van der Waals surface area (Å²) in [5.41, 5.74) is 6.18. The van der Waals surface area contributed by atoms with Crippen molar-refractivity contribution in [2.75, 3.05) is 24.2 Å². The van der Waals surface area contributed by atoms with E-state index < -0.39 is 0 Å². The number of amides is 2. The highest BCUT2D eigenvalue weighted by Gasteiger charge is 2.27. The van der Waals surface area contributed by atoms with E-state index in [1.165, 1.54) is 23.1 Å².